The monoisotopic (exact) mass is 337 g/mol. The molecule has 1 aromatic carbocycles. The van der Waals surface area contributed by atoms with Gasteiger partial charge in [-0.2, -0.15) is 5.10 Å². The van der Waals surface area contributed by atoms with Crippen LogP contribution < -0.4 is 5.32 Å². The smallest absolute Gasteiger partial charge is 0.408 e. The molecule has 0 bridgehead atoms. The number of benzene rings is 1. The van der Waals surface area contributed by atoms with E-state index < -0.39 is 24.2 Å². The van der Waals surface area contributed by atoms with Crippen molar-refractivity contribution in [2.75, 3.05) is 0 Å². The molecule has 1 atom stereocenters. The molecule has 7 heteroatoms. The van der Waals surface area contributed by atoms with Gasteiger partial charge in [-0.25, -0.2) is 13.6 Å². The third kappa shape index (κ3) is 4.53. The van der Waals surface area contributed by atoms with Gasteiger partial charge in [0.15, 0.2) is 0 Å². The number of alkyl halides is 2. The number of rotatable bonds is 4. The van der Waals surface area contributed by atoms with Crippen molar-refractivity contribution >= 4 is 6.09 Å². The first kappa shape index (κ1) is 17.9. The number of alkyl carbamates (subject to hydrolysis) is 1. The SMILES string of the molecule is Cn1nccc1-c1ccc([C@@H](NC(=O)OC(C)(C)C)C(F)F)cc1. The van der Waals surface area contributed by atoms with Crippen molar-refractivity contribution < 1.29 is 18.3 Å². The zero-order valence-electron chi connectivity index (χ0n) is 14.1. The third-order valence-electron chi connectivity index (χ3n) is 3.31. The summed E-state index contributed by atoms with van der Waals surface area (Å²) in [7, 11) is 1.80. The number of hydrogen-bond acceptors (Lipinski definition) is 3. The van der Waals surface area contributed by atoms with Crippen molar-refractivity contribution in [3.8, 4) is 11.3 Å². The molecule has 130 valence electrons. The highest BCUT2D eigenvalue weighted by Gasteiger charge is 2.27. The van der Waals surface area contributed by atoms with Crippen LogP contribution in [0.5, 0.6) is 0 Å². The molecule has 0 aliphatic carbocycles. The molecular formula is C17H21F2N3O2. The van der Waals surface area contributed by atoms with Gasteiger partial charge in [-0.05, 0) is 38.0 Å². The summed E-state index contributed by atoms with van der Waals surface area (Å²) in [6.45, 7) is 5.02. The van der Waals surface area contributed by atoms with E-state index in [2.05, 4.69) is 10.4 Å². The number of nitrogens with zero attached hydrogens (tertiary/aromatic N) is 2. The minimum atomic E-state index is -2.75. The summed E-state index contributed by atoms with van der Waals surface area (Å²) in [5.74, 6) is 0. The van der Waals surface area contributed by atoms with Crippen molar-refractivity contribution in [2.45, 2.75) is 38.8 Å². The third-order valence-corrected chi connectivity index (χ3v) is 3.31. The fraction of sp³-hybridized carbons (Fsp3) is 0.412. The van der Waals surface area contributed by atoms with E-state index in [0.717, 1.165) is 11.3 Å². The number of amides is 1. The molecule has 2 rings (SSSR count). The molecule has 1 aromatic heterocycles. The molecule has 1 amide bonds. The minimum absolute atomic E-state index is 0.307. The second kappa shape index (κ2) is 6.98. The normalized spacial score (nSPS) is 13.0. The molecule has 0 saturated heterocycles. The molecule has 2 aromatic rings. The Morgan fingerprint density at radius 1 is 1.21 bits per heavy atom. The molecule has 0 aliphatic rings. The molecule has 1 heterocycles. The van der Waals surface area contributed by atoms with E-state index in [9.17, 15) is 13.6 Å². The van der Waals surface area contributed by atoms with Crippen molar-refractivity contribution in [1.82, 2.24) is 15.1 Å². The second-order valence-electron chi connectivity index (χ2n) is 6.42. The molecule has 1 N–H and O–H groups in total. The van der Waals surface area contributed by atoms with Crippen LogP contribution in [0.3, 0.4) is 0 Å². The Kier molecular flexibility index (Phi) is 5.21. The fourth-order valence-corrected chi connectivity index (χ4v) is 2.24. The molecule has 0 radical (unpaired) electrons. The molecule has 0 fully saturated rings. The van der Waals surface area contributed by atoms with Gasteiger partial charge in [0.2, 0.25) is 0 Å². The summed E-state index contributed by atoms with van der Waals surface area (Å²) < 4.78 is 33.4. The Labute approximate surface area is 139 Å². The topological polar surface area (TPSA) is 56.2 Å². The lowest BCUT2D eigenvalue weighted by molar-refractivity contribution is 0.0373. The number of aryl methyl sites for hydroxylation is 1. The number of carbonyl (C=O) groups is 1. The summed E-state index contributed by atoms with van der Waals surface area (Å²) in [6, 6.07) is 6.98. The Morgan fingerprint density at radius 3 is 2.29 bits per heavy atom. The van der Waals surface area contributed by atoms with E-state index in [4.69, 9.17) is 4.74 Å². The van der Waals surface area contributed by atoms with E-state index in [1.807, 2.05) is 6.07 Å². The second-order valence-corrected chi connectivity index (χ2v) is 6.42. The number of ether oxygens (including phenoxy) is 1. The quantitative estimate of drug-likeness (QED) is 0.920. The summed E-state index contributed by atoms with van der Waals surface area (Å²) in [5, 5.41) is 6.30. The van der Waals surface area contributed by atoms with E-state index in [1.54, 1.807) is 63.0 Å². The number of nitrogens with one attached hydrogen (secondary N) is 1. The van der Waals surface area contributed by atoms with Crippen LogP contribution in [0, 0.1) is 0 Å². The lowest BCUT2D eigenvalue weighted by Crippen LogP contribution is -2.37. The largest absolute Gasteiger partial charge is 0.444 e. The van der Waals surface area contributed by atoms with Crippen LogP contribution in [0.2, 0.25) is 0 Å². The maximum absolute atomic E-state index is 13.3. The van der Waals surface area contributed by atoms with E-state index in [1.165, 1.54) is 0 Å². The van der Waals surface area contributed by atoms with E-state index in [-0.39, 0.29) is 0 Å². The van der Waals surface area contributed by atoms with Gasteiger partial charge in [0.1, 0.15) is 11.6 Å². The average molecular weight is 337 g/mol. The van der Waals surface area contributed by atoms with Crippen LogP contribution >= 0.6 is 0 Å². The molecule has 24 heavy (non-hydrogen) atoms. The van der Waals surface area contributed by atoms with Crippen LogP contribution in [0.25, 0.3) is 11.3 Å². The number of halogens is 2. The molecular weight excluding hydrogens is 316 g/mol. The average Bonchev–Trinajstić information content (AvgIpc) is 2.89. The number of carbonyl (C=O) groups excluding carboxylic acids is 1. The lowest BCUT2D eigenvalue weighted by Gasteiger charge is -2.23. The highest BCUT2D eigenvalue weighted by Crippen LogP contribution is 2.25. The van der Waals surface area contributed by atoms with E-state index in [0.29, 0.717) is 5.56 Å². The Hall–Kier alpha value is -2.44. The van der Waals surface area contributed by atoms with Crippen molar-refractivity contribution in [3.05, 3.63) is 42.1 Å². The van der Waals surface area contributed by atoms with Gasteiger partial charge < -0.3 is 10.1 Å². The minimum Gasteiger partial charge on any atom is -0.444 e. The maximum Gasteiger partial charge on any atom is 0.408 e. The molecule has 0 unspecified atom stereocenters. The van der Waals surface area contributed by atoms with Crippen LogP contribution in [0.1, 0.15) is 32.4 Å². The van der Waals surface area contributed by atoms with Gasteiger partial charge in [0, 0.05) is 13.2 Å². The summed E-state index contributed by atoms with van der Waals surface area (Å²) in [5.41, 5.74) is 1.28. The Balaban J connectivity index is 2.17. The van der Waals surface area contributed by atoms with Gasteiger partial charge in [-0.1, -0.05) is 24.3 Å². The first-order valence-corrected chi connectivity index (χ1v) is 7.53. The van der Waals surface area contributed by atoms with Gasteiger partial charge in [-0.3, -0.25) is 4.68 Å². The Morgan fingerprint density at radius 2 is 1.83 bits per heavy atom. The zero-order chi connectivity index (χ0) is 17.9. The number of hydrogen-bond donors (Lipinski definition) is 1. The van der Waals surface area contributed by atoms with Crippen molar-refractivity contribution in [3.63, 3.8) is 0 Å². The van der Waals surface area contributed by atoms with Gasteiger partial charge in [-0.15, -0.1) is 0 Å². The molecule has 0 saturated carbocycles. The fourth-order valence-electron chi connectivity index (χ4n) is 2.24. The highest BCUT2D eigenvalue weighted by molar-refractivity contribution is 5.68. The van der Waals surface area contributed by atoms with E-state index >= 15 is 0 Å². The molecule has 0 spiro atoms. The first-order chi connectivity index (χ1) is 11.2. The predicted molar refractivity (Wildman–Crippen MR) is 86.8 cm³/mol. The maximum atomic E-state index is 13.3. The first-order valence-electron chi connectivity index (χ1n) is 7.53. The standard InChI is InChI=1S/C17H21F2N3O2/c1-17(2,3)24-16(23)21-14(15(18)19)12-7-5-11(6-8-12)13-9-10-20-22(13)4/h5-10,14-15H,1-4H3,(H,21,23)/t14-/m1/s1. The predicted octanol–water partition coefficient (Wildman–Crippen LogP) is 3.92. The van der Waals surface area contributed by atoms with Crippen LogP contribution in [0.4, 0.5) is 13.6 Å². The summed E-state index contributed by atoms with van der Waals surface area (Å²) in [4.78, 5) is 11.8. The summed E-state index contributed by atoms with van der Waals surface area (Å²) >= 11 is 0. The van der Waals surface area contributed by atoms with Crippen molar-refractivity contribution in [1.29, 1.82) is 0 Å². The zero-order valence-corrected chi connectivity index (χ0v) is 14.1. The summed E-state index contributed by atoms with van der Waals surface area (Å²) in [6.07, 6.45) is -1.96. The number of aromatic nitrogens is 2. The van der Waals surface area contributed by atoms with Crippen molar-refractivity contribution in [2.24, 2.45) is 7.05 Å². The van der Waals surface area contributed by atoms with Gasteiger partial charge in [0.25, 0.3) is 6.43 Å². The Bertz CT molecular complexity index is 691. The molecule has 5 nitrogen and oxygen atoms in total. The molecule has 0 aliphatic heterocycles. The van der Waals surface area contributed by atoms with Crippen LogP contribution in [-0.4, -0.2) is 27.9 Å². The lowest BCUT2D eigenvalue weighted by atomic mass is 10.0. The van der Waals surface area contributed by atoms with Crippen LogP contribution in [0.15, 0.2) is 36.5 Å². The highest BCUT2D eigenvalue weighted by atomic mass is 19.3. The van der Waals surface area contributed by atoms with Gasteiger partial charge in [0.05, 0.1) is 5.69 Å². The van der Waals surface area contributed by atoms with Gasteiger partial charge >= 0.3 is 6.09 Å². The van der Waals surface area contributed by atoms with Crippen LogP contribution in [-0.2, 0) is 11.8 Å².